The second-order valence-electron chi connectivity index (χ2n) is 5.62. The number of nitrogen functional groups attached to an aromatic ring is 1. The molecule has 4 N–H and O–H groups in total. The molecular formula is C16H31N3O2S. The molecule has 0 amide bonds. The van der Waals surface area contributed by atoms with Crippen molar-refractivity contribution >= 4 is 22.4 Å². The van der Waals surface area contributed by atoms with Gasteiger partial charge in [0.15, 0.2) is 5.13 Å². The van der Waals surface area contributed by atoms with Gasteiger partial charge in [-0.2, -0.15) is 0 Å². The summed E-state index contributed by atoms with van der Waals surface area (Å²) in [5, 5.41) is 12.7. The number of nitrogens with one attached hydrogen (secondary N) is 1. The second kappa shape index (κ2) is 11.4. The number of carboxylic acids is 1. The topological polar surface area (TPSA) is 88.2 Å². The van der Waals surface area contributed by atoms with Gasteiger partial charge in [0.25, 0.3) is 0 Å². The van der Waals surface area contributed by atoms with Crippen LogP contribution in [0.1, 0.15) is 71.1 Å². The Labute approximate surface area is 138 Å². The first-order valence-electron chi connectivity index (χ1n) is 8.05. The van der Waals surface area contributed by atoms with E-state index in [9.17, 15) is 4.79 Å². The number of hydrogen-bond acceptors (Lipinski definition) is 5. The van der Waals surface area contributed by atoms with Gasteiger partial charge in [0.05, 0.1) is 0 Å². The average molecular weight is 330 g/mol. The molecular weight excluding hydrogens is 298 g/mol. The van der Waals surface area contributed by atoms with Crippen LogP contribution >= 0.6 is 11.3 Å². The van der Waals surface area contributed by atoms with Crippen molar-refractivity contribution in [1.29, 1.82) is 0 Å². The van der Waals surface area contributed by atoms with Crippen molar-refractivity contribution in [2.75, 3.05) is 5.73 Å². The van der Waals surface area contributed by atoms with Gasteiger partial charge in [-0.05, 0) is 25.2 Å². The Kier molecular flexibility index (Phi) is 10.8. The molecule has 0 bridgehead atoms. The van der Waals surface area contributed by atoms with Crippen molar-refractivity contribution in [3.05, 3.63) is 11.1 Å². The summed E-state index contributed by atoms with van der Waals surface area (Å²) in [6, 6.07) is -0.0254. The van der Waals surface area contributed by atoms with Crippen molar-refractivity contribution in [1.82, 2.24) is 10.3 Å². The van der Waals surface area contributed by atoms with E-state index in [2.05, 4.69) is 38.0 Å². The summed E-state index contributed by atoms with van der Waals surface area (Å²) in [4.78, 5) is 16.0. The lowest BCUT2D eigenvalue weighted by Crippen LogP contribution is -2.42. The van der Waals surface area contributed by atoms with Gasteiger partial charge in [-0.3, -0.25) is 4.79 Å². The standard InChI is InChI=1S/C10H21NO2.C6H10N2S/c1-4-7-9(10(12)13)11-8(5-2)6-3;1-4(2)5-3-8-6(7)9-5/h8-9,11H,4-7H2,1-3H3,(H,12,13);3-4H,1-2H3,(H2,7,8)/t9-;/m0./s1. The highest BCUT2D eigenvalue weighted by atomic mass is 32.1. The monoisotopic (exact) mass is 329 g/mol. The molecule has 1 rings (SSSR count). The van der Waals surface area contributed by atoms with Crippen LogP contribution in [0, 0.1) is 0 Å². The van der Waals surface area contributed by atoms with E-state index in [1.807, 2.05) is 13.1 Å². The van der Waals surface area contributed by atoms with E-state index >= 15 is 0 Å². The Morgan fingerprint density at radius 1 is 1.36 bits per heavy atom. The zero-order chi connectivity index (χ0) is 17.1. The van der Waals surface area contributed by atoms with Crippen LogP contribution in [-0.2, 0) is 4.79 Å². The number of aromatic nitrogens is 1. The summed E-state index contributed by atoms with van der Waals surface area (Å²) in [7, 11) is 0. The molecule has 5 nitrogen and oxygen atoms in total. The molecule has 1 aromatic rings. The van der Waals surface area contributed by atoms with Crippen LogP contribution in [-0.4, -0.2) is 28.1 Å². The Balaban J connectivity index is 0.000000425. The van der Waals surface area contributed by atoms with Crippen LogP contribution in [0.3, 0.4) is 0 Å². The zero-order valence-corrected chi connectivity index (χ0v) is 15.2. The number of carbonyl (C=O) groups is 1. The van der Waals surface area contributed by atoms with Crippen LogP contribution < -0.4 is 11.1 Å². The molecule has 0 saturated heterocycles. The lowest BCUT2D eigenvalue weighted by atomic mass is 10.1. The maximum absolute atomic E-state index is 10.8. The van der Waals surface area contributed by atoms with Crippen LogP contribution in [0.5, 0.6) is 0 Å². The fraction of sp³-hybridized carbons (Fsp3) is 0.750. The molecule has 0 aliphatic heterocycles. The third-order valence-corrected chi connectivity index (χ3v) is 4.54. The van der Waals surface area contributed by atoms with Crippen molar-refractivity contribution in [2.24, 2.45) is 0 Å². The van der Waals surface area contributed by atoms with E-state index in [-0.39, 0.29) is 6.04 Å². The molecule has 22 heavy (non-hydrogen) atoms. The molecule has 0 saturated carbocycles. The number of anilines is 1. The van der Waals surface area contributed by atoms with Crippen LogP contribution in [0.15, 0.2) is 6.20 Å². The highest BCUT2D eigenvalue weighted by Crippen LogP contribution is 2.22. The van der Waals surface area contributed by atoms with Gasteiger partial charge >= 0.3 is 5.97 Å². The maximum Gasteiger partial charge on any atom is 0.320 e. The Hall–Kier alpha value is -1.14. The molecule has 0 radical (unpaired) electrons. The van der Waals surface area contributed by atoms with Crippen molar-refractivity contribution in [2.45, 2.75) is 78.3 Å². The van der Waals surface area contributed by atoms with Gasteiger partial charge in [-0.25, -0.2) is 4.98 Å². The van der Waals surface area contributed by atoms with E-state index in [1.165, 1.54) is 4.88 Å². The summed E-state index contributed by atoms with van der Waals surface area (Å²) in [6.07, 6.45) is 5.44. The van der Waals surface area contributed by atoms with Crippen molar-refractivity contribution in [3.8, 4) is 0 Å². The predicted molar refractivity (Wildman–Crippen MR) is 94.5 cm³/mol. The Morgan fingerprint density at radius 3 is 2.23 bits per heavy atom. The normalized spacial score (nSPS) is 12.1. The molecule has 0 unspecified atom stereocenters. The Bertz CT molecular complexity index is 417. The number of nitrogens with zero attached hydrogens (tertiary/aromatic N) is 1. The molecule has 0 aliphatic carbocycles. The smallest absolute Gasteiger partial charge is 0.320 e. The van der Waals surface area contributed by atoms with E-state index in [0.717, 1.165) is 19.3 Å². The largest absolute Gasteiger partial charge is 0.480 e. The highest BCUT2D eigenvalue weighted by Gasteiger charge is 2.18. The Morgan fingerprint density at radius 2 is 1.95 bits per heavy atom. The molecule has 0 aromatic carbocycles. The van der Waals surface area contributed by atoms with Crippen molar-refractivity contribution < 1.29 is 9.90 Å². The van der Waals surface area contributed by atoms with Crippen LogP contribution in [0.25, 0.3) is 0 Å². The molecule has 1 atom stereocenters. The first-order valence-corrected chi connectivity index (χ1v) is 8.87. The molecule has 128 valence electrons. The molecule has 0 spiro atoms. The number of rotatable bonds is 8. The minimum atomic E-state index is -0.728. The number of nitrogens with two attached hydrogens (primary N) is 1. The number of carboxylic acid groups (broad SMARTS) is 1. The fourth-order valence-electron chi connectivity index (χ4n) is 1.94. The SMILES string of the molecule is CC(C)c1cnc(N)s1.CCC[C@H](NC(CC)CC)C(=O)O. The second-order valence-corrected chi connectivity index (χ2v) is 6.71. The summed E-state index contributed by atoms with van der Waals surface area (Å²) in [5.74, 6) is -0.173. The predicted octanol–water partition coefficient (Wildman–Crippen LogP) is 3.87. The van der Waals surface area contributed by atoms with E-state index in [1.54, 1.807) is 11.3 Å². The van der Waals surface area contributed by atoms with Gasteiger partial charge in [0.2, 0.25) is 0 Å². The number of aliphatic carboxylic acids is 1. The highest BCUT2D eigenvalue weighted by molar-refractivity contribution is 7.15. The van der Waals surface area contributed by atoms with E-state index < -0.39 is 5.97 Å². The summed E-state index contributed by atoms with van der Waals surface area (Å²) in [6.45, 7) is 10.4. The molecule has 0 aliphatic rings. The van der Waals surface area contributed by atoms with Crippen molar-refractivity contribution in [3.63, 3.8) is 0 Å². The molecule has 1 aromatic heterocycles. The third-order valence-electron chi connectivity index (χ3n) is 3.41. The van der Waals surface area contributed by atoms with Gasteiger partial charge in [-0.15, -0.1) is 11.3 Å². The summed E-state index contributed by atoms with van der Waals surface area (Å²) >= 11 is 1.56. The van der Waals surface area contributed by atoms with Crippen LogP contribution in [0.4, 0.5) is 5.13 Å². The maximum atomic E-state index is 10.8. The van der Waals surface area contributed by atoms with Gasteiger partial charge in [0.1, 0.15) is 6.04 Å². The zero-order valence-electron chi connectivity index (χ0n) is 14.4. The minimum Gasteiger partial charge on any atom is -0.480 e. The van der Waals surface area contributed by atoms with Gasteiger partial charge in [-0.1, -0.05) is 41.0 Å². The van der Waals surface area contributed by atoms with Gasteiger partial charge < -0.3 is 16.2 Å². The van der Waals surface area contributed by atoms with Crippen LogP contribution in [0.2, 0.25) is 0 Å². The van der Waals surface area contributed by atoms with Gasteiger partial charge in [0, 0.05) is 17.1 Å². The summed E-state index contributed by atoms with van der Waals surface area (Å²) in [5.41, 5.74) is 5.42. The number of hydrogen-bond donors (Lipinski definition) is 3. The first-order chi connectivity index (χ1) is 10.3. The first kappa shape index (κ1) is 20.9. The van der Waals surface area contributed by atoms with E-state index in [4.69, 9.17) is 10.8 Å². The fourth-order valence-corrected chi connectivity index (χ4v) is 2.63. The molecule has 6 heteroatoms. The third kappa shape index (κ3) is 8.34. The summed E-state index contributed by atoms with van der Waals surface area (Å²) < 4.78 is 0. The minimum absolute atomic E-state index is 0.340. The average Bonchev–Trinajstić information content (AvgIpc) is 2.91. The lowest BCUT2D eigenvalue weighted by molar-refractivity contribution is -0.139. The lowest BCUT2D eigenvalue weighted by Gasteiger charge is -2.20. The van der Waals surface area contributed by atoms with E-state index in [0.29, 0.717) is 23.5 Å². The number of thiazole rings is 1. The molecule has 0 fully saturated rings. The quantitative estimate of drug-likeness (QED) is 0.674. The molecule has 1 heterocycles.